The lowest BCUT2D eigenvalue weighted by atomic mass is 9.51. The second kappa shape index (κ2) is 4.99. The lowest BCUT2D eigenvalue weighted by Crippen LogP contribution is -2.69. The van der Waals surface area contributed by atoms with E-state index in [1.54, 1.807) is 7.11 Å². The Morgan fingerprint density at radius 2 is 1.84 bits per heavy atom. The van der Waals surface area contributed by atoms with Crippen LogP contribution in [-0.4, -0.2) is 61.2 Å². The summed E-state index contributed by atoms with van der Waals surface area (Å²) in [5, 5.41) is 10.3. The van der Waals surface area contributed by atoms with E-state index in [1.165, 1.54) is 0 Å². The maximum Gasteiger partial charge on any atom is 0.0757 e. The molecule has 0 bridgehead atoms. The van der Waals surface area contributed by atoms with Crippen LogP contribution in [0, 0.1) is 5.41 Å². The molecular formula is C15H27NO3. The first-order valence-electron chi connectivity index (χ1n) is 7.66. The molecule has 3 fully saturated rings. The van der Waals surface area contributed by atoms with Gasteiger partial charge in [-0.05, 0) is 45.7 Å². The van der Waals surface area contributed by atoms with Gasteiger partial charge in [-0.1, -0.05) is 0 Å². The van der Waals surface area contributed by atoms with Crippen LogP contribution in [0.25, 0.3) is 0 Å². The largest absolute Gasteiger partial charge is 0.392 e. The molecule has 4 heteroatoms. The number of nitrogens with zero attached hydrogens (tertiary/aromatic N) is 1. The lowest BCUT2D eigenvalue weighted by Gasteiger charge is -2.63. The third-order valence-electron chi connectivity index (χ3n) is 6.12. The van der Waals surface area contributed by atoms with E-state index in [2.05, 4.69) is 11.8 Å². The molecule has 0 aromatic heterocycles. The Balaban J connectivity index is 1.62. The maximum absolute atomic E-state index is 10.3. The number of aliphatic hydroxyl groups is 1. The van der Waals surface area contributed by atoms with Crippen molar-refractivity contribution in [2.75, 3.05) is 33.4 Å². The molecular weight excluding hydrogens is 242 g/mol. The highest BCUT2D eigenvalue weighted by atomic mass is 16.5. The molecule has 110 valence electrons. The minimum atomic E-state index is -0.172. The van der Waals surface area contributed by atoms with E-state index < -0.39 is 0 Å². The number of ether oxygens (including phenoxy) is 2. The standard InChI is InChI=1S/C15H27NO3/c1-14(18-2)11-13(17)15(14)5-7-16(8-6-15)12-3-9-19-10-4-12/h12-13,17H,3-11H2,1-2H3/t13-,14+/m1/s1. The van der Waals surface area contributed by atoms with Gasteiger partial charge in [0.15, 0.2) is 0 Å². The smallest absolute Gasteiger partial charge is 0.0757 e. The Morgan fingerprint density at radius 1 is 1.21 bits per heavy atom. The second-order valence-corrected chi connectivity index (χ2v) is 6.69. The Morgan fingerprint density at radius 3 is 2.37 bits per heavy atom. The molecule has 2 heterocycles. The molecule has 0 radical (unpaired) electrons. The van der Waals surface area contributed by atoms with Gasteiger partial charge in [-0.3, -0.25) is 0 Å². The molecule has 1 aliphatic carbocycles. The average molecular weight is 269 g/mol. The SMILES string of the molecule is CO[C@@]1(C)C[C@@H](O)C12CCN(C1CCOCC1)CC2. The average Bonchev–Trinajstić information content (AvgIpc) is 2.48. The number of rotatable bonds is 2. The van der Waals surface area contributed by atoms with Crippen LogP contribution in [0.5, 0.6) is 0 Å². The fraction of sp³-hybridized carbons (Fsp3) is 1.00. The molecule has 2 atom stereocenters. The van der Waals surface area contributed by atoms with Gasteiger partial charge in [-0.2, -0.15) is 0 Å². The first-order valence-corrected chi connectivity index (χ1v) is 7.66. The van der Waals surface area contributed by atoms with Crippen molar-refractivity contribution in [1.29, 1.82) is 0 Å². The zero-order valence-corrected chi connectivity index (χ0v) is 12.2. The van der Waals surface area contributed by atoms with Crippen LogP contribution >= 0.6 is 0 Å². The van der Waals surface area contributed by atoms with Crippen molar-refractivity contribution in [3.63, 3.8) is 0 Å². The summed E-state index contributed by atoms with van der Waals surface area (Å²) in [6.07, 6.45) is 5.08. The summed E-state index contributed by atoms with van der Waals surface area (Å²) in [5.41, 5.74) is -0.113. The molecule has 1 N–H and O–H groups in total. The van der Waals surface area contributed by atoms with Gasteiger partial charge in [0.2, 0.25) is 0 Å². The molecule has 0 amide bonds. The molecule has 1 spiro atoms. The van der Waals surface area contributed by atoms with E-state index in [0.717, 1.165) is 58.4 Å². The van der Waals surface area contributed by atoms with Gasteiger partial charge in [0.25, 0.3) is 0 Å². The maximum atomic E-state index is 10.3. The van der Waals surface area contributed by atoms with E-state index >= 15 is 0 Å². The molecule has 19 heavy (non-hydrogen) atoms. The molecule has 0 unspecified atom stereocenters. The van der Waals surface area contributed by atoms with E-state index in [1.807, 2.05) is 0 Å². The zero-order valence-electron chi connectivity index (χ0n) is 12.2. The predicted octanol–water partition coefficient (Wildman–Crippen LogP) is 1.42. The van der Waals surface area contributed by atoms with Crippen molar-refractivity contribution in [2.24, 2.45) is 5.41 Å². The molecule has 0 aromatic rings. The number of hydrogen-bond donors (Lipinski definition) is 1. The zero-order chi connectivity index (χ0) is 13.5. The van der Waals surface area contributed by atoms with Gasteiger partial charge < -0.3 is 19.5 Å². The Kier molecular flexibility index (Phi) is 3.63. The number of likely N-dealkylation sites (tertiary alicyclic amines) is 1. The Bertz CT molecular complexity index is 321. The second-order valence-electron chi connectivity index (χ2n) is 6.69. The lowest BCUT2D eigenvalue weighted by molar-refractivity contribution is -0.263. The van der Waals surface area contributed by atoms with Gasteiger partial charge in [0.1, 0.15) is 0 Å². The van der Waals surface area contributed by atoms with Crippen molar-refractivity contribution in [3.8, 4) is 0 Å². The van der Waals surface area contributed by atoms with Gasteiger partial charge in [-0.15, -0.1) is 0 Å². The monoisotopic (exact) mass is 269 g/mol. The molecule has 3 rings (SSSR count). The topological polar surface area (TPSA) is 41.9 Å². The predicted molar refractivity (Wildman–Crippen MR) is 73.1 cm³/mol. The summed E-state index contributed by atoms with van der Waals surface area (Å²) >= 11 is 0. The molecule has 1 saturated carbocycles. The van der Waals surface area contributed by atoms with Gasteiger partial charge in [0.05, 0.1) is 11.7 Å². The fourth-order valence-corrected chi connectivity index (χ4v) is 4.48. The summed E-state index contributed by atoms with van der Waals surface area (Å²) in [5.74, 6) is 0. The van der Waals surface area contributed by atoms with E-state index in [4.69, 9.17) is 9.47 Å². The Labute approximate surface area is 116 Å². The number of piperidine rings is 1. The van der Waals surface area contributed by atoms with Crippen LogP contribution in [0.3, 0.4) is 0 Å². The van der Waals surface area contributed by atoms with Crippen molar-refractivity contribution in [3.05, 3.63) is 0 Å². The molecule has 3 aliphatic rings. The van der Waals surface area contributed by atoms with Crippen molar-refractivity contribution in [1.82, 2.24) is 4.90 Å². The fourth-order valence-electron chi connectivity index (χ4n) is 4.48. The summed E-state index contributed by atoms with van der Waals surface area (Å²) in [6.45, 7) is 6.18. The highest BCUT2D eigenvalue weighted by Gasteiger charge is 2.63. The van der Waals surface area contributed by atoms with Crippen LogP contribution < -0.4 is 0 Å². The summed E-state index contributed by atoms with van der Waals surface area (Å²) in [4.78, 5) is 2.61. The first kappa shape index (κ1) is 13.8. The summed E-state index contributed by atoms with van der Waals surface area (Å²) < 4.78 is 11.2. The van der Waals surface area contributed by atoms with Crippen LogP contribution in [0.2, 0.25) is 0 Å². The van der Waals surface area contributed by atoms with Gasteiger partial charge in [-0.25, -0.2) is 0 Å². The molecule has 0 aromatic carbocycles. The summed E-state index contributed by atoms with van der Waals surface area (Å²) in [6, 6.07) is 0.692. The van der Waals surface area contributed by atoms with Crippen LogP contribution in [0.1, 0.15) is 39.0 Å². The van der Waals surface area contributed by atoms with Crippen LogP contribution in [0.15, 0.2) is 0 Å². The van der Waals surface area contributed by atoms with Crippen LogP contribution in [-0.2, 0) is 9.47 Å². The van der Waals surface area contributed by atoms with Crippen LogP contribution in [0.4, 0.5) is 0 Å². The van der Waals surface area contributed by atoms with E-state index in [9.17, 15) is 5.11 Å². The minimum Gasteiger partial charge on any atom is -0.392 e. The van der Waals surface area contributed by atoms with Gasteiger partial charge >= 0.3 is 0 Å². The summed E-state index contributed by atoms with van der Waals surface area (Å²) in [7, 11) is 1.79. The molecule has 4 nitrogen and oxygen atoms in total. The highest BCUT2D eigenvalue weighted by Crippen LogP contribution is 2.58. The number of methoxy groups -OCH3 is 1. The normalized spacial score (nSPS) is 40.3. The third kappa shape index (κ3) is 2.04. The van der Waals surface area contributed by atoms with E-state index in [0.29, 0.717) is 6.04 Å². The first-order chi connectivity index (χ1) is 9.11. The molecule has 2 saturated heterocycles. The van der Waals surface area contributed by atoms with Crippen molar-refractivity contribution >= 4 is 0 Å². The highest BCUT2D eigenvalue weighted by molar-refractivity contribution is 5.14. The number of aliphatic hydroxyl groups excluding tert-OH is 1. The quantitative estimate of drug-likeness (QED) is 0.823. The number of hydrogen-bond acceptors (Lipinski definition) is 4. The molecule has 2 aliphatic heterocycles. The minimum absolute atomic E-state index is 0.00339. The van der Waals surface area contributed by atoms with Crippen molar-refractivity contribution in [2.45, 2.75) is 56.8 Å². The third-order valence-corrected chi connectivity index (χ3v) is 6.12. The van der Waals surface area contributed by atoms with Crippen molar-refractivity contribution < 1.29 is 14.6 Å². The van der Waals surface area contributed by atoms with Gasteiger partial charge in [0, 0.05) is 38.2 Å². The van der Waals surface area contributed by atoms with E-state index in [-0.39, 0.29) is 17.1 Å². The Hall–Kier alpha value is -0.160.